The Morgan fingerprint density at radius 3 is 1.50 bits per heavy atom. The molecule has 0 aromatic carbocycles. The van der Waals surface area contributed by atoms with Gasteiger partial charge in [-0.15, -0.1) is 0 Å². The standard InChI is InChI=1S/C26H49NO2.Li/c1-5-9-11-13-15-17-21-24(19-7-3)27(23-26(28)29)25(20-8-4)22-18-16-14-12-10-6-2;/h9-12,24-25H,5-8,13-23H2,1-4H3,(H,28,29);/q;+1/p-1/b11-9+,12-10+;. The van der Waals surface area contributed by atoms with Crippen LogP contribution in [-0.2, 0) is 4.79 Å². The fraction of sp³-hybridized carbons (Fsp3) is 0.808. The van der Waals surface area contributed by atoms with Crippen molar-refractivity contribution in [3.8, 4) is 0 Å². The molecule has 0 bridgehead atoms. The van der Waals surface area contributed by atoms with Gasteiger partial charge in [-0.1, -0.05) is 77.7 Å². The molecule has 30 heavy (non-hydrogen) atoms. The van der Waals surface area contributed by atoms with E-state index in [4.69, 9.17) is 0 Å². The van der Waals surface area contributed by atoms with Gasteiger partial charge in [0.05, 0.1) is 5.97 Å². The zero-order chi connectivity index (χ0) is 21.7. The van der Waals surface area contributed by atoms with E-state index in [1.165, 1.54) is 25.7 Å². The van der Waals surface area contributed by atoms with Gasteiger partial charge in [0.1, 0.15) is 0 Å². The van der Waals surface area contributed by atoms with E-state index >= 15 is 0 Å². The van der Waals surface area contributed by atoms with Crippen LogP contribution in [0.3, 0.4) is 0 Å². The van der Waals surface area contributed by atoms with Crippen molar-refractivity contribution in [3.05, 3.63) is 24.3 Å². The number of carboxylic acids is 1. The molecule has 0 aliphatic heterocycles. The molecule has 0 saturated heterocycles. The van der Waals surface area contributed by atoms with Crippen molar-refractivity contribution in [2.24, 2.45) is 0 Å². The van der Waals surface area contributed by atoms with Crippen molar-refractivity contribution in [2.75, 3.05) is 6.54 Å². The maximum atomic E-state index is 11.6. The minimum atomic E-state index is -0.927. The predicted octanol–water partition coefficient (Wildman–Crippen LogP) is 3.43. The number of rotatable bonds is 20. The summed E-state index contributed by atoms with van der Waals surface area (Å²) in [6, 6.07) is 0.731. The molecule has 0 rings (SSSR count). The number of hydrogen-bond acceptors (Lipinski definition) is 3. The molecule has 0 aromatic heterocycles. The molecule has 170 valence electrons. The smallest absolute Gasteiger partial charge is 0.549 e. The van der Waals surface area contributed by atoms with E-state index in [1.807, 2.05) is 0 Å². The summed E-state index contributed by atoms with van der Waals surface area (Å²) in [6.45, 7) is 8.84. The average Bonchev–Trinajstić information content (AvgIpc) is 2.69. The van der Waals surface area contributed by atoms with Gasteiger partial charge in [-0.25, -0.2) is 0 Å². The van der Waals surface area contributed by atoms with E-state index in [0.717, 1.165) is 64.2 Å². The first-order valence-electron chi connectivity index (χ1n) is 12.4. The first-order chi connectivity index (χ1) is 14.1. The molecule has 4 heteroatoms. The summed E-state index contributed by atoms with van der Waals surface area (Å²) in [7, 11) is 0. The predicted molar refractivity (Wildman–Crippen MR) is 125 cm³/mol. The number of aliphatic carboxylic acids is 1. The third kappa shape index (κ3) is 17.2. The summed E-state index contributed by atoms with van der Waals surface area (Å²) >= 11 is 0. The molecule has 0 amide bonds. The van der Waals surface area contributed by atoms with Crippen LogP contribution in [0, 0.1) is 0 Å². The van der Waals surface area contributed by atoms with E-state index in [9.17, 15) is 9.90 Å². The van der Waals surface area contributed by atoms with Crippen LogP contribution in [0.4, 0.5) is 0 Å². The molecule has 0 spiro atoms. The number of carboxylic acid groups (broad SMARTS) is 1. The number of carbonyl (C=O) groups excluding carboxylic acids is 1. The molecular formula is C26H48LiNO2. The maximum absolute atomic E-state index is 11.6. The first kappa shape index (κ1) is 31.7. The van der Waals surface area contributed by atoms with Crippen LogP contribution in [-0.4, -0.2) is 29.5 Å². The summed E-state index contributed by atoms with van der Waals surface area (Å²) in [5.74, 6) is -0.927. The van der Waals surface area contributed by atoms with E-state index in [-0.39, 0.29) is 25.4 Å². The Balaban J connectivity index is 0. The number of carbonyl (C=O) groups is 1. The summed E-state index contributed by atoms with van der Waals surface area (Å²) in [6.07, 6.45) is 24.8. The Morgan fingerprint density at radius 1 is 0.733 bits per heavy atom. The second kappa shape index (κ2) is 23.2. The maximum Gasteiger partial charge on any atom is 1.00 e. The van der Waals surface area contributed by atoms with Crippen LogP contribution in [0.25, 0.3) is 0 Å². The average molecular weight is 414 g/mol. The molecule has 0 N–H and O–H groups in total. The van der Waals surface area contributed by atoms with E-state index in [1.54, 1.807) is 0 Å². The minimum Gasteiger partial charge on any atom is -0.549 e. The van der Waals surface area contributed by atoms with Crippen molar-refractivity contribution in [1.82, 2.24) is 4.90 Å². The Bertz CT molecular complexity index is 405. The molecule has 3 nitrogen and oxygen atoms in total. The zero-order valence-corrected chi connectivity index (χ0v) is 20.8. The number of unbranched alkanes of at least 4 members (excludes halogenated alkanes) is 4. The summed E-state index contributed by atoms with van der Waals surface area (Å²) in [5, 5.41) is 11.6. The SMILES string of the molecule is CC/C=C/CCCCC(CCC)N(CC(=O)[O-])C(CCC)CCCC/C=C/CC.[Li+]. The molecule has 0 radical (unpaired) electrons. The third-order valence-electron chi connectivity index (χ3n) is 5.61. The molecule has 0 fully saturated rings. The fourth-order valence-corrected chi connectivity index (χ4v) is 4.18. The van der Waals surface area contributed by atoms with Crippen molar-refractivity contribution in [2.45, 2.75) is 130 Å². The number of allylic oxidation sites excluding steroid dienone is 4. The van der Waals surface area contributed by atoms with Crippen LogP contribution in [0.5, 0.6) is 0 Å². The van der Waals surface area contributed by atoms with Gasteiger partial charge >= 0.3 is 18.9 Å². The van der Waals surface area contributed by atoms with Gasteiger partial charge in [0.25, 0.3) is 0 Å². The number of hydrogen-bond donors (Lipinski definition) is 0. The van der Waals surface area contributed by atoms with Gasteiger partial charge in [-0.3, -0.25) is 4.90 Å². The molecule has 0 aromatic rings. The van der Waals surface area contributed by atoms with Crippen molar-refractivity contribution in [1.29, 1.82) is 0 Å². The summed E-state index contributed by atoms with van der Waals surface area (Å²) in [5.41, 5.74) is 0. The van der Waals surface area contributed by atoms with Crippen LogP contribution in [0.2, 0.25) is 0 Å². The van der Waals surface area contributed by atoms with Crippen molar-refractivity contribution >= 4 is 5.97 Å². The van der Waals surface area contributed by atoms with Gasteiger partial charge in [-0.05, 0) is 64.2 Å². The quantitative estimate of drug-likeness (QED) is 0.174. The summed E-state index contributed by atoms with van der Waals surface area (Å²) < 4.78 is 0. The van der Waals surface area contributed by atoms with Gasteiger partial charge < -0.3 is 9.90 Å². The Morgan fingerprint density at radius 2 is 1.17 bits per heavy atom. The monoisotopic (exact) mass is 413 g/mol. The van der Waals surface area contributed by atoms with E-state index < -0.39 is 5.97 Å². The molecule has 2 unspecified atom stereocenters. The second-order valence-electron chi connectivity index (χ2n) is 8.26. The van der Waals surface area contributed by atoms with Gasteiger partial charge in [-0.2, -0.15) is 0 Å². The van der Waals surface area contributed by atoms with Crippen LogP contribution < -0.4 is 24.0 Å². The third-order valence-corrected chi connectivity index (χ3v) is 5.61. The Kier molecular flexibility index (Phi) is 24.5. The van der Waals surface area contributed by atoms with Crippen LogP contribution in [0.1, 0.15) is 118 Å². The number of nitrogens with zero attached hydrogens (tertiary/aromatic N) is 1. The zero-order valence-electron chi connectivity index (χ0n) is 20.8. The van der Waals surface area contributed by atoms with E-state index in [0.29, 0.717) is 12.1 Å². The molecule has 0 aliphatic rings. The van der Waals surface area contributed by atoms with Gasteiger partial charge in [0, 0.05) is 18.6 Å². The molecule has 0 heterocycles. The largest absolute Gasteiger partial charge is 1.00 e. The topological polar surface area (TPSA) is 43.4 Å². The molecule has 0 saturated carbocycles. The molecule has 2 atom stereocenters. The van der Waals surface area contributed by atoms with Crippen LogP contribution >= 0.6 is 0 Å². The van der Waals surface area contributed by atoms with E-state index in [2.05, 4.69) is 56.9 Å². The molecular weight excluding hydrogens is 365 g/mol. The second-order valence-corrected chi connectivity index (χ2v) is 8.26. The first-order valence-corrected chi connectivity index (χ1v) is 12.4. The normalized spacial score (nSPS) is 13.8. The fourth-order valence-electron chi connectivity index (χ4n) is 4.18. The Labute approximate surface area is 199 Å². The van der Waals surface area contributed by atoms with Crippen molar-refractivity contribution in [3.63, 3.8) is 0 Å². The molecule has 0 aliphatic carbocycles. The van der Waals surface area contributed by atoms with Crippen LogP contribution in [0.15, 0.2) is 24.3 Å². The van der Waals surface area contributed by atoms with Gasteiger partial charge in [0.15, 0.2) is 0 Å². The Hall–Kier alpha value is -0.493. The van der Waals surface area contributed by atoms with Gasteiger partial charge in [0.2, 0.25) is 0 Å². The van der Waals surface area contributed by atoms with Crippen molar-refractivity contribution < 1.29 is 28.8 Å². The summed E-state index contributed by atoms with van der Waals surface area (Å²) in [4.78, 5) is 13.9. The minimum absolute atomic E-state index is 0.